The topological polar surface area (TPSA) is 75.5 Å². The fourth-order valence-electron chi connectivity index (χ4n) is 2.03. The van der Waals surface area contributed by atoms with E-state index in [0.717, 1.165) is 24.4 Å². The predicted molar refractivity (Wildman–Crippen MR) is 65.6 cm³/mol. The number of nitrogens with zero attached hydrogens (tertiary/aromatic N) is 3. The second kappa shape index (κ2) is 5.77. The maximum atomic E-state index is 11.0. The van der Waals surface area contributed by atoms with E-state index >= 15 is 0 Å². The van der Waals surface area contributed by atoms with E-state index < -0.39 is 12.1 Å². The molecule has 6 heteroatoms. The minimum Gasteiger partial charge on any atom is -0.479 e. The number of aliphatic carboxylic acids is 1. The first-order valence-corrected chi connectivity index (χ1v) is 6.11. The molecule has 98 valence electrons. The van der Waals surface area contributed by atoms with Crippen LogP contribution in [0.3, 0.4) is 0 Å². The molecule has 1 aromatic heterocycles. The number of anilines is 1. The van der Waals surface area contributed by atoms with Gasteiger partial charge in [0.1, 0.15) is 5.82 Å². The van der Waals surface area contributed by atoms with Crippen molar-refractivity contribution in [3.8, 4) is 0 Å². The Morgan fingerprint density at radius 2 is 2.33 bits per heavy atom. The summed E-state index contributed by atoms with van der Waals surface area (Å²) in [6, 6.07) is 0. The molecule has 0 aromatic carbocycles. The van der Waals surface area contributed by atoms with Crippen molar-refractivity contribution >= 4 is 11.8 Å². The molecule has 0 amide bonds. The Morgan fingerprint density at radius 1 is 1.56 bits per heavy atom. The monoisotopic (exact) mass is 251 g/mol. The minimum atomic E-state index is -0.930. The molecule has 2 rings (SSSR count). The zero-order valence-corrected chi connectivity index (χ0v) is 10.4. The van der Waals surface area contributed by atoms with Gasteiger partial charge in [0.15, 0.2) is 6.10 Å². The van der Waals surface area contributed by atoms with Crippen LogP contribution in [0.15, 0.2) is 12.4 Å². The molecule has 1 atom stereocenters. The van der Waals surface area contributed by atoms with Gasteiger partial charge in [-0.2, -0.15) is 0 Å². The molecule has 1 aromatic rings. The van der Waals surface area contributed by atoms with E-state index in [0.29, 0.717) is 19.7 Å². The number of hydrogen-bond acceptors (Lipinski definition) is 5. The number of morpholine rings is 1. The Bertz CT molecular complexity index is 425. The zero-order chi connectivity index (χ0) is 13.0. The lowest BCUT2D eigenvalue weighted by molar-refractivity contribution is -0.150. The third kappa shape index (κ3) is 2.76. The van der Waals surface area contributed by atoms with Crippen LogP contribution in [0.4, 0.5) is 5.82 Å². The van der Waals surface area contributed by atoms with Crippen LogP contribution >= 0.6 is 0 Å². The Balaban J connectivity index is 2.17. The number of carboxylic acids is 1. The van der Waals surface area contributed by atoms with Gasteiger partial charge in [0.05, 0.1) is 18.8 Å². The number of aryl methyl sites for hydroxylation is 1. The molecule has 1 N–H and O–H groups in total. The Labute approximate surface area is 106 Å². The van der Waals surface area contributed by atoms with E-state index in [1.807, 2.05) is 4.90 Å². The summed E-state index contributed by atoms with van der Waals surface area (Å²) in [5.41, 5.74) is 0.922. The van der Waals surface area contributed by atoms with E-state index in [4.69, 9.17) is 9.84 Å². The van der Waals surface area contributed by atoms with Gasteiger partial charge < -0.3 is 14.7 Å². The number of carboxylic acid groups (broad SMARTS) is 1. The number of carbonyl (C=O) groups is 1. The lowest BCUT2D eigenvalue weighted by atomic mass is 10.2. The van der Waals surface area contributed by atoms with Gasteiger partial charge >= 0.3 is 5.97 Å². The van der Waals surface area contributed by atoms with E-state index in [1.54, 1.807) is 12.4 Å². The van der Waals surface area contributed by atoms with Crippen molar-refractivity contribution < 1.29 is 14.6 Å². The van der Waals surface area contributed by atoms with E-state index in [9.17, 15) is 4.79 Å². The van der Waals surface area contributed by atoms with Gasteiger partial charge in [0.2, 0.25) is 0 Å². The van der Waals surface area contributed by atoms with Crippen LogP contribution < -0.4 is 4.90 Å². The molecule has 6 nitrogen and oxygen atoms in total. The standard InChI is InChI=1S/C12H17N3O3/c1-2-3-9-11(14-5-4-13-9)15-6-7-18-10(8-15)12(16)17/h4-5,10H,2-3,6-8H2,1H3,(H,16,17). The van der Waals surface area contributed by atoms with Gasteiger partial charge in [-0.15, -0.1) is 0 Å². The smallest absolute Gasteiger partial charge is 0.334 e. The summed E-state index contributed by atoms with van der Waals surface area (Å²) < 4.78 is 5.20. The lowest BCUT2D eigenvalue weighted by Gasteiger charge is -2.32. The first-order chi connectivity index (χ1) is 8.72. The third-order valence-electron chi connectivity index (χ3n) is 2.88. The fraction of sp³-hybridized carbons (Fsp3) is 0.583. The Hall–Kier alpha value is -1.69. The lowest BCUT2D eigenvalue weighted by Crippen LogP contribution is -2.46. The fourth-order valence-corrected chi connectivity index (χ4v) is 2.03. The summed E-state index contributed by atoms with van der Waals surface area (Å²) in [7, 11) is 0. The van der Waals surface area contributed by atoms with E-state index in [1.165, 1.54) is 0 Å². The molecule has 1 fully saturated rings. The summed E-state index contributed by atoms with van der Waals surface area (Å²) in [5.74, 6) is -0.144. The normalized spacial score (nSPS) is 19.8. The van der Waals surface area contributed by atoms with Gasteiger partial charge in [-0.05, 0) is 6.42 Å². The minimum absolute atomic E-state index is 0.324. The highest BCUT2D eigenvalue weighted by Gasteiger charge is 2.28. The first kappa shape index (κ1) is 12.8. The van der Waals surface area contributed by atoms with Gasteiger partial charge in [0, 0.05) is 18.9 Å². The third-order valence-corrected chi connectivity index (χ3v) is 2.88. The van der Waals surface area contributed by atoms with Gasteiger partial charge in [-0.25, -0.2) is 9.78 Å². The van der Waals surface area contributed by atoms with E-state index in [-0.39, 0.29) is 0 Å². The molecule has 0 saturated carbocycles. The molecule has 0 radical (unpaired) electrons. The van der Waals surface area contributed by atoms with Crippen LogP contribution in [0.2, 0.25) is 0 Å². The largest absolute Gasteiger partial charge is 0.479 e. The van der Waals surface area contributed by atoms with Crippen LogP contribution in [0, 0.1) is 0 Å². The highest BCUT2D eigenvalue weighted by molar-refractivity contribution is 5.73. The number of rotatable bonds is 4. The summed E-state index contributed by atoms with van der Waals surface area (Å²) in [6.45, 7) is 3.46. The van der Waals surface area contributed by atoms with Gasteiger partial charge in [-0.3, -0.25) is 4.98 Å². The first-order valence-electron chi connectivity index (χ1n) is 6.11. The molecule has 2 heterocycles. The molecule has 0 bridgehead atoms. The van der Waals surface area contributed by atoms with Crippen molar-refractivity contribution in [2.75, 3.05) is 24.6 Å². The van der Waals surface area contributed by atoms with Crippen molar-refractivity contribution in [2.45, 2.75) is 25.9 Å². The molecule has 1 aliphatic heterocycles. The summed E-state index contributed by atoms with van der Waals surface area (Å²) in [4.78, 5) is 21.5. The molecule has 0 spiro atoms. The summed E-state index contributed by atoms with van der Waals surface area (Å²) in [5, 5.41) is 8.99. The molecule has 1 aliphatic rings. The number of aromatic nitrogens is 2. The van der Waals surface area contributed by atoms with Crippen LogP contribution in [0.25, 0.3) is 0 Å². The number of hydrogen-bond donors (Lipinski definition) is 1. The average Bonchev–Trinajstić information content (AvgIpc) is 2.40. The van der Waals surface area contributed by atoms with Crippen LogP contribution in [-0.4, -0.2) is 46.8 Å². The Morgan fingerprint density at radius 3 is 3.06 bits per heavy atom. The zero-order valence-electron chi connectivity index (χ0n) is 10.4. The molecule has 1 unspecified atom stereocenters. The van der Waals surface area contributed by atoms with Gasteiger partial charge in [0.25, 0.3) is 0 Å². The molecule has 18 heavy (non-hydrogen) atoms. The molecule has 1 saturated heterocycles. The number of ether oxygens (including phenoxy) is 1. The second-order valence-electron chi connectivity index (χ2n) is 4.22. The van der Waals surface area contributed by atoms with Crippen molar-refractivity contribution in [3.05, 3.63) is 18.1 Å². The Kier molecular flexibility index (Phi) is 4.09. The summed E-state index contributed by atoms with van der Waals surface area (Å²) in [6.07, 6.45) is 4.36. The van der Waals surface area contributed by atoms with Crippen molar-refractivity contribution in [3.63, 3.8) is 0 Å². The highest BCUT2D eigenvalue weighted by atomic mass is 16.5. The van der Waals surface area contributed by atoms with Gasteiger partial charge in [-0.1, -0.05) is 13.3 Å². The highest BCUT2D eigenvalue weighted by Crippen LogP contribution is 2.19. The maximum Gasteiger partial charge on any atom is 0.334 e. The van der Waals surface area contributed by atoms with Crippen LogP contribution in [-0.2, 0) is 16.0 Å². The second-order valence-corrected chi connectivity index (χ2v) is 4.22. The van der Waals surface area contributed by atoms with Crippen LogP contribution in [0.1, 0.15) is 19.0 Å². The quantitative estimate of drug-likeness (QED) is 0.849. The van der Waals surface area contributed by atoms with Crippen molar-refractivity contribution in [1.82, 2.24) is 9.97 Å². The van der Waals surface area contributed by atoms with Crippen molar-refractivity contribution in [1.29, 1.82) is 0 Å². The maximum absolute atomic E-state index is 11.0. The van der Waals surface area contributed by atoms with Crippen LogP contribution in [0.5, 0.6) is 0 Å². The summed E-state index contributed by atoms with van der Waals surface area (Å²) >= 11 is 0. The molecular formula is C12H17N3O3. The average molecular weight is 251 g/mol. The SMILES string of the molecule is CCCc1nccnc1N1CCOC(C(=O)O)C1. The van der Waals surface area contributed by atoms with E-state index in [2.05, 4.69) is 16.9 Å². The van der Waals surface area contributed by atoms with Crippen molar-refractivity contribution in [2.24, 2.45) is 0 Å². The molecule has 0 aliphatic carbocycles. The molecular weight excluding hydrogens is 234 g/mol. The predicted octanol–water partition coefficient (Wildman–Crippen LogP) is 0.719.